The van der Waals surface area contributed by atoms with Gasteiger partial charge in [-0.05, 0) is 92.6 Å². The van der Waals surface area contributed by atoms with Crippen LogP contribution in [0.4, 0.5) is 0 Å². The largest absolute Gasteiger partial charge is 0.309 e. The van der Waals surface area contributed by atoms with Crippen LogP contribution >= 0.6 is 0 Å². The van der Waals surface area contributed by atoms with Crippen LogP contribution in [0.15, 0.2) is 145 Å². The van der Waals surface area contributed by atoms with Crippen molar-refractivity contribution in [1.29, 1.82) is 0 Å². The van der Waals surface area contributed by atoms with E-state index in [1.807, 2.05) is 26.1 Å². The summed E-state index contributed by atoms with van der Waals surface area (Å²) >= 11 is 0. The van der Waals surface area contributed by atoms with Crippen LogP contribution in [0, 0.1) is 0 Å². The van der Waals surface area contributed by atoms with Gasteiger partial charge in [-0.25, -0.2) is 0 Å². The molecular weight excluding hydrogens is 605 g/mol. The van der Waals surface area contributed by atoms with E-state index in [9.17, 15) is 0 Å². The van der Waals surface area contributed by atoms with E-state index in [0.717, 1.165) is 35.4 Å². The first-order valence-electron chi connectivity index (χ1n) is 17.8. The van der Waals surface area contributed by atoms with Gasteiger partial charge in [-0.15, -0.1) is 0 Å². The van der Waals surface area contributed by atoms with Crippen LogP contribution in [0.25, 0.3) is 68.3 Å². The van der Waals surface area contributed by atoms with Crippen molar-refractivity contribution in [1.82, 2.24) is 4.57 Å². The molecule has 0 saturated heterocycles. The normalized spacial score (nSPS) is 14.0. The molecule has 0 bridgehead atoms. The highest BCUT2D eigenvalue weighted by Crippen LogP contribution is 2.42. The fourth-order valence-electron chi connectivity index (χ4n) is 7.52. The average molecular weight is 645 g/mol. The number of aliphatic imine (C=N–C) groups is 1. The third kappa shape index (κ3) is 5.53. The predicted octanol–water partition coefficient (Wildman–Crippen LogP) is 10.9. The molecule has 2 heteroatoms. The second-order valence-electron chi connectivity index (χ2n) is 12.8. The molecule has 1 aliphatic heterocycles. The fraction of sp³-hybridized carbons (Fsp3) is 0.104. The van der Waals surface area contributed by atoms with Crippen LogP contribution in [-0.4, -0.2) is 10.8 Å². The Kier molecular flexibility index (Phi) is 8.44. The topological polar surface area (TPSA) is 17.3 Å². The zero-order valence-corrected chi connectivity index (χ0v) is 28.7. The number of rotatable bonds is 6. The second-order valence-corrected chi connectivity index (χ2v) is 12.8. The van der Waals surface area contributed by atoms with Crippen LogP contribution < -0.4 is 10.4 Å². The number of allylic oxidation sites excluding steroid dienone is 4. The van der Waals surface area contributed by atoms with E-state index in [-0.39, 0.29) is 0 Å². The molecule has 0 spiro atoms. The zero-order chi connectivity index (χ0) is 34.0. The number of nitrogens with zero attached hydrogens (tertiary/aromatic N) is 2. The van der Waals surface area contributed by atoms with Crippen LogP contribution in [0.2, 0.25) is 0 Å². The minimum atomic E-state index is 0.864. The van der Waals surface area contributed by atoms with Gasteiger partial charge in [-0.1, -0.05) is 148 Å². The quantitative estimate of drug-likeness (QED) is 0.171. The lowest BCUT2D eigenvalue weighted by atomic mass is 9.85. The van der Waals surface area contributed by atoms with Crippen molar-refractivity contribution >= 4 is 68.8 Å². The predicted molar refractivity (Wildman–Crippen MR) is 217 cm³/mol. The van der Waals surface area contributed by atoms with Gasteiger partial charge in [-0.2, -0.15) is 0 Å². The first-order chi connectivity index (χ1) is 24.7. The summed E-state index contributed by atoms with van der Waals surface area (Å²) in [4.78, 5) is 4.49. The number of aromatic nitrogens is 1. The Bertz CT molecular complexity index is 2650. The third-order valence-corrected chi connectivity index (χ3v) is 9.94. The lowest BCUT2D eigenvalue weighted by Crippen LogP contribution is -2.21. The molecule has 242 valence electrons. The van der Waals surface area contributed by atoms with Crippen LogP contribution in [0.1, 0.15) is 48.1 Å². The molecule has 0 saturated carbocycles. The first kappa shape index (κ1) is 31.3. The summed E-state index contributed by atoms with van der Waals surface area (Å²) in [5.41, 5.74) is 12.8. The molecule has 2 aliphatic rings. The summed E-state index contributed by atoms with van der Waals surface area (Å²) < 4.78 is 2.50. The molecule has 0 fully saturated rings. The van der Waals surface area contributed by atoms with Crippen LogP contribution in [0.3, 0.4) is 0 Å². The molecule has 6 aromatic carbocycles. The highest BCUT2D eigenvalue weighted by atomic mass is 15.0. The fourth-order valence-corrected chi connectivity index (χ4v) is 7.52. The summed E-state index contributed by atoms with van der Waals surface area (Å²) in [6, 6.07) is 44.1. The SMILES string of the molecule is C=c1cccc/c1=C/C=C\Cc1ccc2c3ccc4c(c3n(-c3ccccc3)c2c1)CCC(c1ccc(C2=CC=N2)c2ccccc12)=C4.CC. The molecule has 0 atom stereocenters. The van der Waals surface area contributed by atoms with Crippen molar-refractivity contribution in [3.8, 4) is 5.69 Å². The summed E-state index contributed by atoms with van der Waals surface area (Å²) in [5, 5.41) is 7.37. The van der Waals surface area contributed by atoms with Gasteiger partial charge in [0.25, 0.3) is 0 Å². The Morgan fingerprint density at radius 1 is 0.720 bits per heavy atom. The minimum Gasteiger partial charge on any atom is -0.309 e. The molecule has 7 aromatic rings. The maximum atomic E-state index is 4.49. The van der Waals surface area contributed by atoms with Gasteiger partial charge < -0.3 is 4.57 Å². The zero-order valence-electron chi connectivity index (χ0n) is 28.7. The summed E-state index contributed by atoms with van der Waals surface area (Å²) in [6.07, 6.45) is 15.8. The molecule has 2 nitrogen and oxygen atoms in total. The maximum Gasteiger partial charge on any atom is 0.0723 e. The van der Waals surface area contributed by atoms with Gasteiger partial charge in [-0.3, -0.25) is 4.99 Å². The number of fused-ring (bicyclic) bond motifs is 6. The summed E-state index contributed by atoms with van der Waals surface area (Å²) in [6.45, 7) is 8.15. The lowest BCUT2D eigenvalue weighted by molar-refractivity contribution is 1.000. The second kappa shape index (κ2) is 13.5. The molecule has 0 amide bonds. The number of aryl methyl sites for hydroxylation is 1. The highest BCUT2D eigenvalue weighted by Gasteiger charge is 2.22. The van der Waals surface area contributed by atoms with Gasteiger partial charge in [0.2, 0.25) is 0 Å². The van der Waals surface area contributed by atoms with Gasteiger partial charge in [0.1, 0.15) is 0 Å². The molecular formula is C48H40N2. The minimum absolute atomic E-state index is 0.864. The molecule has 0 radical (unpaired) electrons. The Morgan fingerprint density at radius 2 is 1.44 bits per heavy atom. The van der Waals surface area contributed by atoms with Crippen molar-refractivity contribution in [3.05, 3.63) is 178 Å². The standard InChI is InChI=1S/C46H34N2.C2H6/c1-31-11-5-7-13-33(31)14-8-6-12-32-19-22-42-43-24-21-35-30-34(37-25-26-41(44-27-28-47-44)40-18-10-9-17-39(37)40)20-23-38(35)46(43)48(45(42)29-32)36-15-3-2-4-16-36;1-2/h2-11,13-19,21-22,24-30H,1,12,20,23H2;1-2H3/b8-6-,33-14-;. The van der Waals surface area contributed by atoms with E-state index in [1.165, 1.54) is 71.7 Å². The number of para-hydroxylation sites is 1. The average Bonchev–Trinajstić information content (AvgIpc) is 3.48. The summed E-state index contributed by atoms with van der Waals surface area (Å²) in [7, 11) is 0. The molecule has 2 heterocycles. The van der Waals surface area contributed by atoms with E-state index in [0.29, 0.717) is 0 Å². The number of hydrogen-bond acceptors (Lipinski definition) is 1. The van der Waals surface area contributed by atoms with Crippen molar-refractivity contribution in [2.45, 2.75) is 33.1 Å². The lowest BCUT2D eigenvalue weighted by Gasteiger charge is -2.21. The smallest absolute Gasteiger partial charge is 0.0723 e. The van der Waals surface area contributed by atoms with E-state index < -0.39 is 0 Å². The Balaban J connectivity index is 0.00000177. The van der Waals surface area contributed by atoms with E-state index in [1.54, 1.807) is 0 Å². The van der Waals surface area contributed by atoms with Gasteiger partial charge in [0, 0.05) is 28.2 Å². The molecule has 0 N–H and O–H groups in total. The molecule has 50 heavy (non-hydrogen) atoms. The number of benzene rings is 6. The third-order valence-electron chi connectivity index (χ3n) is 9.94. The maximum absolute atomic E-state index is 4.49. The molecule has 1 aromatic heterocycles. The van der Waals surface area contributed by atoms with Crippen molar-refractivity contribution < 1.29 is 0 Å². The van der Waals surface area contributed by atoms with Gasteiger partial charge in [0.05, 0.1) is 16.7 Å². The Morgan fingerprint density at radius 3 is 2.22 bits per heavy atom. The molecule has 1 aliphatic carbocycles. The van der Waals surface area contributed by atoms with Crippen molar-refractivity contribution in [2.75, 3.05) is 0 Å². The summed E-state index contributed by atoms with van der Waals surface area (Å²) in [5.74, 6) is 0. The van der Waals surface area contributed by atoms with E-state index in [2.05, 4.69) is 162 Å². The Labute approximate surface area is 294 Å². The van der Waals surface area contributed by atoms with Gasteiger partial charge >= 0.3 is 0 Å². The first-order valence-corrected chi connectivity index (χ1v) is 17.8. The van der Waals surface area contributed by atoms with Crippen molar-refractivity contribution in [2.24, 2.45) is 4.99 Å². The monoisotopic (exact) mass is 644 g/mol. The van der Waals surface area contributed by atoms with E-state index in [4.69, 9.17) is 0 Å². The van der Waals surface area contributed by atoms with Gasteiger partial charge in [0.15, 0.2) is 0 Å². The van der Waals surface area contributed by atoms with Crippen LogP contribution in [0.5, 0.6) is 0 Å². The van der Waals surface area contributed by atoms with Crippen LogP contribution in [-0.2, 0) is 12.8 Å². The molecule has 9 rings (SSSR count). The highest BCUT2D eigenvalue weighted by molar-refractivity contribution is 6.12. The van der Waals surface area contributed by atoms with Crippen molar-refractivity contribution in [3.63, 3.8) is 0 Å². The molecule has 0 unspecified atom stereocenters. The Hall–Kier alpha value is -5.99. The van der Waals surface area contributed by atoms with E-state index >= 15 is 0 Å². The number of hydrogen-bond donors (Lipinski definition) is 0.